The molecule has 6 nitrogen and oxygen atoms in total. The highest BCUT2D eigenvalue weighted by Crippen LogP contribution is 2.16. The third-order valence-corrected chi connectivity index (χ3v) is 2.95. The molecule has 0 saturated carbocycles. The molecule has 0 fully saturated rings. The highest BCUT2D eigenvalue weighted by molar-refractivity contribution is 5.84. The average Bonchev–Trinajstić information content (AvgIpc) is 2.95. The van der Waals surface area contributed by atoms with E-state index in [2.05, 4.69) is 19.8 Å². The van der Waals surface area contributed by atoms with Gasteiger partial charge < -0.3 is 4.74 Å². The first kappa shape index (κ1) is 12.3. The summed E-state index contributed by atoms with van der Waals surface area (Å²) in [7, 11) is 1.30. The van der Waals surface area contributed by atoms with Gasteiger partial charge in [0.1, 0.15) is 6.33 Å². The van der Waals surface area contributed by atoms with Crippen LogP contribution in [0.4, 0.5) is 0 Å². The quantitative estimate of drug-likeness (QED) is 0.676. The van der Waals surface area contributed by atoms with Gasteiger partial charge in [0.2, 0.25) is 0 Å². The molecule has 0 spiro atoms. The molecule has 0 radical (unpaired) electrons. The summed E-state index contributed by atoms with van der Waals surface area (Å²) in [6, 6.07) is 9.86. The van der Waals surface area contributed by atoms with E-state index in [0.717, 1.165) is 16.5 Å². The van der Waals surface area contributed by atoms with Crippen LogP contribution in [0.1, 0.15) is 16.2 Å². The van der Waals surface area contributed by atoms with Gasteiger partial charge in [-0.3, -0.25) is 4.98 Å². The Kier molecular flexibility index (Phi) is 3.12. The first-order chi connectivity index (χ1) is 9.78. The van der Waals surface area contributed by atoms with Gasteiger partial charge in [0.25, 0.3) is 5.82 Å². The van der Waals surface area contributed by atoms with E-state index >= 15 is 0 Å². The number of nitrogens with zero attached hydrogens (tertiary/aromatic N) is 4. The second-order valence-electron chi connectivity index (χ2n) is 4.25. The topological polar surface area (TPSA) is 69.9 Å². The van der Waals surface area contributed by atoms with Gasteiger partial charge in [-0.05, 0) is 11.6 Å². The van der Waals surface area contributed by atoms with Crippen molar-refractivity contribution in [3.05, 3.63) is 54.2 Å². The number of hydrogen-bond acceptors (Lipinski definition) is 5. The predicted molar refractivity (Wildman–Crippen MR) is 72.2 cm³/mol. The lowest BCUT2D eigenvalue weighted by molar-refractivity contribution is 0.0586. The van der Waals surface area contributed by atoms with Crippen molar-refractivity contribution >= 4 is 16.9 Å². The van der Waals surface area contributed by atoms with Crippen molar-refractivity contribution in [1.82, 2.24) is 19.7 Å². The van der Waals surface area contributed by atoms with Gasteiger partial charge in [0.05, 0.1) is 19.2 Å². The van der Waals surface area contributed by atoms with Gasteiger partial charge in [-0.15, -0.1) is 5.10 Å². The maximum absolute atomic E-state index is 11.3. The predicted octanol–water partition coefficient (Wildman–Crippen LogP) is 1.66. The SMILES string of the molecule is COC(=O)c1ncn(Cc2cccc3cccnc23)n1. The lowest BCUT2D eigenvalue weighted by Gasteiger charge is -2.05. The molecule has 0 N–H and O–H groups in total. The fourth-order valence-electron chi connectivity index (χ4n) is 2.03. The summed E-state index contributed by atoms with van der Waals surface area (Å²) < 4.78 is 6.17. The van der Waals surface area contributed by atoms with Gasteiger partial charge in [0, 0.05) is 11.6 Å². The number of para-hydroxylation sites is 1. The number of carbonyl (C=O) groups is 1. The lowest BCUT2D eigenvalue weighted by Crippen LogP contribution is -2.06. The standard InChI is InChI=1S/C14H12N4O2/c1-20-14(19)13-16-9-18(17-13)8-11-5-2-4-10-6-3-7-15-12(10)11/h2-7,9H,8H2,1H3. The third-order valence-electron chi connectivity index (χ3n) is 2.95. The van der Waals surface area contributed by atoms with E-state index in [1.165, 1.54) is 13.4 Å². The molecule has 2 aromatic heterocycles. The van der Waals surface area contributed by atoms with Crippen molar-refractivity contribution in [2.24, 2.45) is 0 Å². The number of fused-ring (bicyclic) bond motifs is 1. The van der Waals surface area contributed by atoms with Crippen LogP contribution in [-0.2, 0) is 11.3 Å². The first-order valence-electron chi connectivity index (χ1n) is 6.08. The fraction of sp³-hybridized carbons (Fsp3) is 0.143. The zero-order chi connectivity index (χ0) is 13.9. The minimum Gasteiger partial charge on any atom is -0.463 e. The van der Waals surface area contributed by atoms with Crippen LogP contribution in [0.5, 0.6) is 0 Å². The van der Waals surface area contributed by atoms with Crippen LogP contribution >= 0.6 is 0 Å². The Morgan fingerprint density at radius 2 is 2.10 bits per heavy atom. The summed E-state index contributed by atoms with van der Waals surface area (Å²) in [4.78, 5) is 19.6. The van der Waals surface area contributed by atoms with Crippen molar-refractivity contribution in [3.63, 3.8) is 0 Å². The first-order valence-corrected chi connectivity index (χ1v) is 6.08. The molecule has 0 aliphatic heterocycles. The van der Waals surface area contributed by atoms with E-state index in [0.29, 0.717) is 6.54 Å². The number of carbonyl (C=O) groups excluding carboxylic acids is 1. The van der Waals surface area contributed by atoms with Gasteiger partial charge in [-0.25, -0.2) is 14.5 Å². The van der Waals surface area contributed by atoms with Gasteiger partial charge in [-0.1, -0.05) is 24.3 Å². The molecular formula is C14H12N4O2. The van der Waals surface area contributed by atoms with Crippen LogP contribution < -0.4 is 0 Å². The monoisotopic (exact) mass is 268 g/mol. The van der Waals surface area contributed by atoms with E-state index < -0.39 is 5.97 Å². The number of aromatic nitrogens is 4. The molecule has 0 aliphatic carbocycles. The Labute approximate surface area is 115 Å². The molecule has 100 valence electrons. The number of benzene rings is 1. The molecule has 0 atom stereocenters. The van der Waals surface area contributed by atoms with E-state index in [-0.39, 0.29) is 5.82 Å². The molecule has 20 heavy (non-hydrogen) atoms. The molecule has 1 aromatic carbocycles. The van der Waals surface area contributed by atoms with Crippen molar-refractivity contribution in [1.29, 1.82) is 0 Å². The maximum Gasteiger partial charge on any atom is 0.377 e. The van der Waals surface area contributed by atoms with E-state index in [1.807, 2.05) is 30.3 Å². The van der Waals surface area contributed by atoms with Crippen LogP contribution in [0.2, 0.25) is 0 Å². The van der Waals surface area contributed by atoms with Crippen LogP contribution in [0, 0.1) is 0 Å². The minimum absolute atomic E-state index is 0.0562. The van der Waals surface area contributed by atoms with Gasteiger partial charge in [-0.2, -0.15) is 0 Å². The fourth-order valence-corrected chi connectivity index (χ4v) is 2.03. The van der Waals surface area contributed by atoms with Crippen LogP contribution in [0.3, 0.4) is 0 Å². The summed E-state index contributed by atoms with van der Waals surface area (Å²) in [5.41, 5.74) is 1.94. The van der Waals surface area contributed by atoms with E-state index in [1.54, 1.807) is 10.9 Å². The normalized spacial score (nSPS) is 10.7. The van der Waals surface area contributed by atoms with Crippen LogP contribution in [0.15, 0.2) is 42.9 Å². The Bertz CT molecular complexity index is 761. The second kappa shape index (κ2) is 5.08. The molecule has 0 saturated heterocycles. The van der Waals surface area contributed by atoms with Gasteiger partial charge in [0.15, 0.2) is 0 Å². The number of hydrogen-bond donors (Lipinski definition) is 0. The number of methoxy groups -OCH3 is 1. The van der Waals surface area contributed by atoms with Gasteiger partial charge >= 0.3 is 5.97 Å². The zero-order valence-corrected chi connectivity index (χ0v) is 10.9. The molecule has 0 unspecified atom stereocenters. The Balaban J connectivity index is 1.93. The molecule has 2 heterocycles. The molecule has 0 amide bonds. The Morgan fingerprint density at radius 3 is 2.95 bits per heavy atom. The number of pyridine rings is 1. The Morgan fingerprint density at radius 1 is 1.25 bits per heavy atom. The lowest BCUT2D eigenvalue weighted by atomic mass is 10.1. The molecule has 6 heteroatoms. The zero-order valence-electron chi connectivity index (χ0n) is 10.9. The molecule has 0 aliphatic rings. The van der Waals surface area contributed by atoms with Crippen molar-refractivity contribution in [2.45, 2.75) is 6.54 Å². The summed E-state index contributed by atoms with van der Waals surface area (Å²) in [5.74, 6) is -0.486. The largest absolute Gasteiger partial charge is 0.463 e. The van der Waals surface area contributed by atoms with Crippen molar-refractivity contribution in [2.75, 3.05) is 7.11 Å². The van der Waals surface area contributed by atoms with E-state index in [4.69, 9.17) is 0 Å². The van der Waals surface area contributed by atoms with Crippen LogP contribution in [0.25, 0.3) is 10.9 Å². The summed E-state index contributed by atoms with van der Waals surface area (Å²) in [6.07, 6.45) is 3.26. The minimum atomic E-state index is -0.542. The number of rotatable bonds is 3. The van der Waals surface area contributed by atoms with Crippen molar-refractivity contribution in [3.8, 4) is 0 Å². The highest BCUT2D eigenvalue weighted by Gasteiger charge is 2.12. The second-order valence-corrected chi connectivity index (χ2v) is 4.25. The Hall–Kier alpha value is -2.76. The van der Waals surface area contributed by atoms with Crippen molar-refractivity contribution < 1.29 is 9.53 Å². The third kappa shape index (κ3) is 2.23. The smallest absolute Gasteiger partial charge is 0.377 e. The maximum atomic E-state index is 11.3. The number of ether oxygens (including phenoxy) is 1. The molecule has 3 aromatic rings. The van der Waals surface area contributed by atoms with E-state index in [9.17, 15) is 4.79 Å². The molecule has 0 bridgehead atoms. The summed E-state index contributed by atoms with van der Waals surface area (Å²) in [5, 5.41) is 5.15. The summed E-state index contributed by atoms with van der Waals surface area (Å²) >= 11 is 0. The summed E-state index contributed by atoms with van der Waals surface area (Å²) in [6.45, 7) is 0.498. The highest BCUT2D eigenvalue weighted by atomic mass is 16.5. The number of esters is 1. The van der Waals surface area contributed by atoms with Crippen LogP contribution in [-0.4, -0.2) is 32.8 Å². The average molecular weight is 268 g/mol. The molecular weight excluding hydrogens is 256 g/mol. The molecule has 3 rings (SSSR count).